The van der Waals surface area contributed by atoms with Crippen LogP contribution in [0.3, 0.4) is 0 Å². The van der Waals surface area contributed by atoms with Gasteiger partial charge in [-0.15, -0.1) is 0 Å². The maximum atomic E-state index is 13.1. The molecule has 0 saturated heterocycles. The normalized spacial score (nSPS) is 11.2. The zero-order chi connectivity index (χ0) is 13.4. The molecule has 1 aromatic carbocycles. The van der Waals surface area contributed by atoms with Crippen LogP contribution < -0.4 is 5.73 Å². The Morgan fingerprint density at radius 3 is 2.61 bits per heavy atom. The number of aryl methyl sites for hydroxylation is 1. The first-order chi connectivity index (χ1) is 8.41. The molecule has 2 N–H and O–H groups in total. The standard InChI is InChI=1S/C13H15ClFN3/c1-7(2)12-11(13(16)18(3)17-12)9-5-4-8(15)6-10(9)14/h4-7H,16H2,1-3H3. The van der Waals surface area contributed by atoms with Gasteiger partial charge in [0.25, 0.3) is 0 Å². The van der Waals surface area contributed by atoms with Gasteiger partial charge in [-0.2, -0.15) is 5.10 Å². The summed E-state index contributed by atoms with van der Waals surface area (Å²) in [7, 11) is 1.78. The van der Waals surface area contributed by atoms with Crippen molar-refractivity contribution in [1.29, 1.82) is 0 Å². The van der Waals surface area contributed by atoms with Crippen molar-refractivity contribution < 1.29 is 4.39 Å². The number of nitrogen functional groups attached to an aromatic ring is 1. The molecule has 1 heterocycles. The van der Waals surface area contributed by atoms with Gasteiger partial charge in [-0.25, -0.2) is 4.39 Å². The van der Waals surface area contributed by atoms with E-state index in [0.29, 0.717) is 16.4 Å². The Hall–Kier alpha value is -1.55. The summed E-state index contributed by atoms with van der Waals surface area (Å²) in [6, 6.07) is 4.29. The molecule has 1 aromatic heterocycles. The van der Waals surface area contributed by atoms with Crippen LogP contribution in [0.25, 0.3) is 11.1 Å². The van der Waals surface area contributed by atoms with E-state index in [9.17, 15) is 4.39 Å². The first kappa shape index (κ1) is 12.9. The molecule has 0 saturated carbocycles. The van der Waals surface area contributed by atoms with E-state index in [1.54, 1.807) is 17.8 Å². The van der Waals surface area contributed by atoms with Crippen LogP contribution in [0.15, 0.2) is 18.2 Å². The van der Waals surface area contributed by atoms with Crippen molar-refractivity contribution in [2.45, 2.75) is 19.8 Å². The van der Waals surface area contributed by atoms with E-state index in [0.717, 1.165) is 11.3 Å². The molecule has 0 aliphatic heterocycles. The van der Waals surface area contributed by atoms with E-state index >= 15 is 0 Å². The lowest BCUT2D eigenvalue weighted by Crippen LogP contribution is -1.98. The zero-order valence-corrected chi connectivity index (χ0v) is 11.3. The minimum absolute atomic E-state index is 0.213. The van der Waals surface area contributed by atoms with Gasteiger partial charge < -0.3 is 5.73 Å². The number of rotatable bonds is 2. The minimum Gasteiger partial charge on any atom is -0.383 e. The number of anilines is 1. The number of nitrogens with zero attached hydrogens (tertiary/aromatic N) is 2. The van der Waals surface area contributed by atoms with Crippen LogP contribution in [0.5, 0.6) is 0 Å². The first-order valence-corrected chi connectivity index (χ1v) is 6.07. The highest BCUT2D eigenvalue weighted by molar-refractivity contribution is 6.33. The van der Waals surface area contributed by atoms with Gasteiger partial charge in [-0.05, 0) is 24.1 Å². The van der Waals surface area contributed by atoms with Crippen LogP contribution in [0, 0.1) is 5.82 Å². The molecule has 2 rings (SSSR count). The Kier molecular flexibility index (Phi) is 3.30. The fourth-order valence-electron chi connectivity index (χ4n) is 1.93. The average Bonchev–Trinajstić information content (AvgIpc) is 2.57. The van der Waals surface area contributed by atoms with E-state index in [4.69, 9.17) is 17.3 Å². The Bertz CT molecular complexity index is 590. The molecule has 0 atom stereocenters. The van der Waals surface area contributed by atoms with Crippen molar-refractivity contribution in [3.63, 3.8) is 0 Å². The highest BCUT2D eigenvalue weighted by atomic mass is 35.5. The Morgan fingerprint density at radius 2 is 2.06 bits per heavy atom. The van der Waals surface area contributed by atoms with Crippen molar-refractivity contribution in [1.82, 2.24) is 9.78 Å². The summed E-state index contributed by atoms with van der Waals surface area (Å²) in [5.74, 6) is 0.383. The number of halogens is 2. The molecule has 0 aliphatic rings. The van der Waals surface area contributed by atoms with E-state index in [2.05, 4.69) is 5.10 Å². The molecular formula is C13H15ClFN3. The third-order valence-electron chi connectivity index (χ3n) is 2.87. The lowest BCUT2D eigenvalue weighted by molar-refractivity contribution is 0.628. The molecule has 0 fully saturated rings. The smallest absolute Gasteiger partial charge is 0.129 e. The summed E-state index contributed by atoms with van der Waals surface area (Å²) >= 11 is 6.09. The lowest BCUT2D eigenvalue weighted by Gasteiger charge is -2.08. The van der Waals surface area contributed by atoms with Crippen LogP contribution in [0.4, 0.5) is 10.2 Å². The van der Waals surface area contributed by atoms with Crippen LogP contribution >= 0.6 is 11.6 Å². The topological polar surface area (TPSA) is 43.8 Å². The molecule has 0 spiro atoms. The lowest BCUT2D eigenvalue weighted by atomic mass is 9.99. The second-order valence-corrected chi connectivity index (χ2v) is 4.96. The van der Waals surface area contributed by atoms with Crippen LogP contribution in [0.1, 0.15) is 25.5 Å². The van der Waals surface area contributed by atoms with Crippen LogP contribution in [-0.2, 0) is 7.05 Å². The van der Waals surface area contributed by atoms with Gasteiger partial charge in [0.1, 0.15) is 11.6 Å². The second kappa shape index (κ2) is 4.61. The fourth-order valence-corrected chi connectivity index (χ4v) is 2.19. The summed E-state index contributed by atoms with van der Waals surface area (Å²) in [4.78, 5) is 0. The zero-order valence-electron chi connectivity index (χ0n) is 10.5. The quantitative estimate of drug-likeness (QED) is 0.904. The average molecular weight is 268 g/mol. The van der Waals surface area contributed by atoms with Crippen molar-refractivity contribution in [3.8, 4) is 11.1 Å². The SMILES string of the molecule is CC(C)c1nn(C)c(N)c1-c1ccc(F)cc1Cl. The Labute approximate surface area is 110 Å². The maximum absolute atomic E-state index is 13.1. The number of hydrogen-bond donors (Lipinski definition) is 1. The Morgan fingerprint density at radius 1 is 1.39 bits per heavy atom. The van der Waals surface area contributed by atoms with E-state index in [1.807, 2.05) is 13.8 Å². The van der Waals surface area contributed by atoms with Crippen molar-refractivity contribution in [2.24, 2.45) is 7.05 Å². The monoisotopic (exact) mass is 267 g/mol. The van der Waals surface area contributed by atoms with E-state index < -0.39 is 0 Å². The summed E-state index contributed by atoms with van der Waals surface area (Å²) < 4.78 is 14.7. The van der Waals surface area contributed by atoms with Gasteiger partial charge in [0.05, 0.1) is 10.7 Å². The van der Waals surface area contributed by atoms with Gasteiger partial charge in [-0.1, -0.05) is 25.4 Å². The molecule has 0 amide bonds. The molecule has 0 bridgehead atoms. The molecule has 18 heavy (non-hydrogen) atoms. The summed E-state index contributed by atoms with van der Waals surface area (Å²) in [5.41, 5.74) is 8.40. The number of benzene rings is 1. The summed E-state index contributed by atoms with van der Waals surface area (Å²) in [6.45, 7) is 4.06. The van der Waals surface area contributed by atoms with E-state index in [-0.39, 0.29) is 11.7 Å². The molecule has 0 radical (unpaired) electrons. The van der Waals surface area contributed by atoms with Gasteiger partial charge in [0, 0.05) is 18.2 Å². The van der Waals surface area contributed by atoms with Crippen molar-refractivity contribution in [2.75, 3.05) is 5.73 Å². The fraction of sp³-hybridized carbons (Fsp3) is 0.308. The van der Waals surface area contributed by atoms with E-state index in [1.165, 1.54) is 12.1 Å². The highest BCUT2D eigenvalue weighted by Crippen LogP contribution is 2.37. The Balaban J connectivity index is 2.70. The molecule has 0 unspecified atom stereocenters. The summed E-state index contributed by atoms with van der Waals surface area (Å²) in [6.07, 6.45) is 0. The molecule has 96 valence electrons. The minimum atomic E-state index is -0.364. The molecular weight excluding hydrogens is 253 g/mol. The largest absolute Gasteiger partial charge is 0.383 e. The van der Waals surface area contributed by atoms with Gasteiger partial charge >= 0.3 is 0 Å². The first-order valence-electron chi connectivity index (χ1n) is 5.69. The predicted molar refractivity (Wildman–Crippen MR) is 72.1 cm³/mol. The molecule has 0 aliphatic carbocycles. The van der Waals surface area contributed by atoms with Gasteiger partial charge in [-0.3, -0.25) is 4.68 Å². The second-order valence-electron chi connectivity index (χ2n) is 4.55. The third kappa shape index (κ3) is 2.08. The summed E-state index contributed by atoms with van der Waals surface area (Å²) in [5, 5.41) is 4.73. The highest BCUT2D eigenvalue weighted by Gasteiger charge is 2.20. The van der Waals surface area contributed by atoms with Gasteiger partial charge in [0.2, 0.25) is 0 Å². The van der Waals surface area contributed by atoms with Crippen molar-refractivity contribution in [3.05, 3.63) is 34.7 Å². The number of hydrogen-bond acceptors (Lipinski definition) is 2. The van der Waals surface area contributed by atoms with Crippen LogP contribution in [-0.4, -0.2) is 9.78 Å². The maximum Gasteiger partial charge on any atom is 0.129 e. The van der Waals surface area contributed by atoms with Gasteiger partial charge in [0.15, 0.2) is 0 Å². The van der Waals surface area contributed by atoms with Crippen LogP contribution in [0.2, 0.25) is 5.02 Å². The number of aromatic nitrogens is 2. The number of nitrogens with two attached hydrogens (primary N) is 1. The predicted octanol–water partition coefficient (Wildman–Crippen LogP) is 3.59. The molecule has 5 heteroatoms. The van der Waals surface area contributed by atoms with Crippen molar-refractivity contribution >= 4 is 17.4 Å². The molecule has 3 nitrogen and oxygen atoms in total. The third-order valence-corrected chi connectivity index (χ3v) is 3.18. The molecule has 2 aromatic rings.